The Morgan fingerprint density at radius 3 is 2.05 bits per heavy atom. The summed E-state index contributed by atoms with van der Waals surface area (Å²) in [4.78, 5) is 72.9. The first-order valence-electron chi connectivity index (χ1n) is 13.9. The molecule has 1 saturated heterocycles. The van der Waals surface area contributed by atoms with E-state index >= 15 is 0 Å². The molecule has 0 bridgehead atoms. The van der Waals surface area contributed by atoms with E-state index < -0.39 is 96.9 Å². The number of carbonyl (C=O) groups excluding carboxylic acids is 6. The lowest BCUT2D eigenvalue weighted by Gasteiger charge is -2.43. The molecule has 0 spiro atoms. The number of aliphatic hydroxyl groups excluding tert-OH is 3. The third-order valence-corrected chi connectivity index (χ3v) is 6.67. The van der Waals surface area contributed by atoms with Gasteiger partial charge in [0.1, 0.15) is 48.6 Å². The normalized spacial score (nSPS) is 24.5. The van der Waals surface area contributed by atoms with Gasteiger partial charge in [0.25, 0.3) is 0 Å². The van der Waals surface area contributed by atoms with Crippen LogP contribution in [0.3, 0.4) is 0 Å². The van der Waals surface area contributed by atoms with Gasteiger partial charge in [0, 0.05) is 13.3 Å². The molecule has 1 aliphatic heterocycles. The summed E-state index contributed by atoms with van der Waals surface area (Å²) < 4.78 is 10.7. The lowest BCUT2D eigenvalue weighted by molar-refractivity contribution is -0.266. The number of unbranched alkanes of at least 4 members (excludes halogenated alkanes) is 1. The number of ether oxygens (including phenoxy) is 2. The van der Waals surface area contributed by atoms with Crippen molar-refractivity contribution in [1.82, 2.24) is 21.3 Å². The Hall–Kier alpha value is -3.42. The van der Waals surface area contributed by atoms with Crippen LogP contribution in [0.5, 0.6) is 0 Å². The quantitative estimate of drug-likeness (QED) is 0.0643. The van der Waals surface area contributed by atoms with Gasteiger partial charge in [-0.3, -0.25) is 28.8 Å². The number of amides is 6. The fourth-order valence-corrected chi connectivity index (χ4v) is 4.23. The molecule has 6 amide bonds. The molecule has 0 aliphatic carbocycles. The Kier molecular flexibility index (Phi) is 16.0. The average molecular weight is 620 g/mol. The number of nitrogens with one attached hydrogen (secondary N) is 4. The van der Waals surface area contributed by atoms with Crippen molar-refractivity contribution in [1.29, 1.82) is 0 Å². The zero-order valence-corrected chi connectivity index (χ0v) is 24.5. The van der Waals surface area contributed by atoms with Crippen molar-refractivity contribution < 1.29 is 53.6 Å². The number of hydrogen-bond acceptors (Lipinski definition) is 12. The van der Waals surface area contributed by atoms with Gasteiger partial charge in [-0.25, -0.2) is 0 Å². The first kappa shape index (κ1) is 37.6. The van der Waals surface area contributed by atoms with Crippen LogP contribution in [0.15, 0.2) is 0 Å². The van der Waals surface area contributed by atoms with Crippen LogP contribution in [0.1, 0.15) is 52.9 Å². The minimum absolute atomic E-state index is 0.206. The highest BCUT2D eigenvalue weighted by atomic mass is 16.6. The molecule has 9 atom stereocenters. The van der Waals surface area contributed by atoms with Gasteiger partial charge in [0.2, 0.25) is 35.4 Å². The zero-order valence-electron chi connectivity index (χ0n) is 24.5. The van der Waals surface area contributed by atoms with E-state index in [0.29, 0.717) is 19.4 Å². The van der Waals surface area contributed by atoms with Gasteiger partial charge in [-0.1, -0.05) is 0 Å². The lowest BCUT2D eigenvalue weighted by atomic mass is 9.96. The van der Waals surface area contributed by atoms with Crippen LogP contribution < -0.4 is 38.5 Å². The van der Waals surface area contributed by atoms with E-state index in [4.69, 9.17) is 26.7 Å². The van der Waals surface area contributed by atoms with Gasteiger partial charge < -0.3 is 63.3 Å². The molecule has 1 aliphatic rings. The minimum atomic E-state index is -1.67. The van der Waals surface area contributed by atoms with Crippen molar-refractivity contribution in [3.63, 3.8) is 0 Å². The highest BCUT2D eigenvalue weighted by Gasteiger charge is 2.47. The molecule has 1 rings (SSSR count). The zero-order chi connectivity index (χ0) is 32.9. The number of primary amides is 2. The van der Waals surface area contributed by atoms with E-state index in [0.717, 1.165) is 6.92 Å². The molecule has 13 N–H and O–H groups in total. The molecule has 246 valence electrons. The molecule has 1 fully saturated rings. The number of rotatable bonds is 18. The summed E-state index contributed by atoms with van der Waals surface area (Å²) in [6.07, 6.45) is -6.19. The molecule has 1 heterocycles. The highest BCUT2D eigenvalue weighted by Crippen LogP contribution is 2.23. The van der Waals surface area contributed by atoms with Crippen molar-refractivity contribution in [2.75, 3.05) is 13.2 Å². The van der Waals surface area contributed by atoms with Crippen LogP contribution in [0.25, 0.3) is 0 Å². The van der Waals surface area contributed by atoms with E-state index in [1.165, 1.54) is 13.8 Å². The summed E-state index contributed by atoms with van der Waals surface area (Å²) in [5, 5.41) is 39.7. The monoisotopic (exact) mass is 619 g/mol. The Labute approximate surface area is 248 Å². The van der Waals surface area contributed by atoms with E-state index in [1.807, 2.05) is 0 Å². The molecular weight excluding hydrogens is 574 g/mol. The van der Waals surface area contributed by atoms with Crippen LogP contribution in [0.4, 0.5) is 0 Å². The average Bonchev–Trinajstić information content (AvgIpc) is 2.93. The predicted molar refractivity (Wildman–Crippen MR) is 148 cm³/mol. The predicted octanol–water partition coefficient (Wildman–Crippen LogP) is -5.31. The fraction of sp³-hybridized carbons (Fsp3) is 0.760. The molecule has 0 aromatic carbocycles. The molecule has 0 aromatic rings. The topological polar surface area (TPSA) is 308 Å². The first-order valence-corrected chi connectivity index (χ1v) is 13.9. The van der Waals surface area contributed by atoms with E-state index in [2.05, 4.69) is 21.3 Å². The minimum Gasteiger partial charge on any atom is -0.394 e. The Morgan fingerprint density at radius 1 is 0.907 bits per heavy atom. The molecule has 18 nitrogen and oxygen atoms in total. The second-order valence-electron chi connectivity index (χ2n) is 10.2. The molecule has 18 heteroatoms. The molecule has 0 aromatic heterocycles. The number of aliphatic hydroxyl groups is 3. The van der Waals surface area contributed by atoms with Gasteiger partial charge in [-0.2, -0.15) is 0 Å². The Morgan fingerprint density at radius 2 is 1.51 bits per heavy atom. The first-order chi connectivity index (χ1) is 20.1. The maximum Gasteiger partial charge on any atom is 0.249 e. The van der Waals surface area contributed by atoms with E-state index in [9.17, 15) is 44.1 Å². The van der Waals surface area contributed by atoms with Crippen LogP contribution in [0.2, 0.25) is 0 Å². The number of hydrogen-bond donors (Lipinski definition) is 10. The fourth-order valence-electron chi connectivity index (χ4n) is 4.23. The van der Waals surface area contributed by atoms with Gasteiger partial charge in [-0.05, 0) is 46.1 Å². The van der Waals surface area contributed by atoms with Gasteiger partial charge in [0.05, 0.1) is 6.61 Å². The Bertz CT molecular complexity index is 985. The molecule has 43 heavy (non-hydrogen) atoms. The van der Waals surface area contributed by atoms with Gasteiger partial charge in [0.15, 0.2) is 6.29 Å². The third kappa shape index (κ3) is 12.4. The number of nitrogens with two attached hydrogens (primary N) is 3. The van der Waals surface area contributed by atoms with Crippen molar-refractivity contribution >= 4 is 35.4 Å². The number of carbonyl (C=O) groups is 6. The smallest absolute Gasteiger partial charge is 0.249 e. The molecule has 0 radical (unpaired) electrons. The van der Waals surface area contributed by atoms with Crippen molar-refractivity contribution in [3.8, 4) is 0 Å². The molecule has 0 unspecified atom stereocenters. The van der Waals surface area contributed by atoms with Crippen molar-refractivity contribution in [2.45, 2.75) is 108 Å². The van der Waals surface area contributed by atoms with E-state index in [1.54, 1.807) is 0 Å². The molecular formula is C25H45N7O11. The largest absolute Gasteiger partial charge is 0.394 e. The Balaban J connectivity index is 2.74. The third-order valence-electron chi connectivity index (χ3n) is 6.67. The van der Waals surface area contributed by atoms with Crippen LogP contribution in [0, 0.1) is 0 Å². The maximum atomic E-state index is 12.8. The summed E-state index contributed by atoms with van der Waals surface area (Å²) in [5.41, 5.74) is 16.1. The lowest BCUT2D eigenvalue weighted by Crippen LogP contribution is -2.65. The van der Waals surface area contributed by atoms with E-state index in [-0.39, 0.29) is 19.3 Å². The van der Waals surface area contributed by atoms with Gasteiger partial charge >= 0.3 is 0 Å². The second kappa shape index (κ2) is 18.3. The highest BCUT2D eigenvalue weighted by molar-refractivity contribution is 5.92. The SMILES string of the molecule is CC(=O)N[C@@H]1[C@@H](O[C@H](C)C(=O)N[C@@H](C)C(=O)N[C@H](CCC(=O)N[C@@H](CCCCN)C(N)=O)C(N)=O)[C@H](O)[C@@H](CO)O[C@@H]1O. The standard InChI is InChI=1S/C25H45N7O11/c1-11(23(39)32-15(22(28)38)7-8-17(35)31-14(21(27)37)6-4-5-9-26)29-24(40)12(2)42-20-18(30-13(3)34)25(41)43-16(10-33)19(20)36/h11-12,14-16,18-20,25,33,36,41H,4-10,26H2,1-3H3,(H2,27,37)(H2,28,38)(H,29,40)(H,30,34)(H,31,35)(H,32,39)/t11-,12+,14-,15+,16+,18+,19+,20+,25-/m0/s1. The van der Waals surface area contributed by atoms with Gasteiger partial charge in [-0.15, -0.1) is 0 Å². The van der Waals surface area contributed by atoms with Crippen molar-refractivity contribution in [3.05, 3.63) is 0 Å². The summed E-state index contributed by atoms with van der Waals surface area (Å²) in [6, 6.07) is -4.72. The summed E-state index contributed by atoms with van der Waals surface area (Å²) in [6.45, 7) is 3.47. The second-order valence-corrected chi connectivity index (χ2v) is 10.2. The molecule has 0 saturated carbocycles. The summed E-state index contributed by atoms with van der Waals surface area (Å²) in [5.74, 6) is -4.50. The summed E-state index contributed by atoms with van der Waals surface area (Å²) >= 11 is 0. The van der Waals surface area contributed by atoms with Crippen LogP contribution in [-0.2, 0) is 38.2 Å². The van der Waals surface area contributed by atoms with Crippen LogP contribution >= 0.6 is 0 Å². The maximum absolute atomic E-state index is 12.8. The summed E-state index contributed by atoms with van der Waals surface area (Å²) in [7, 11) is 0. The van der Waals surface area contributed by atoms with Crippen LogP contribution in [-0.4, -0.2) is 119 Å². The van der Waals surface area contributed by atoms with Crippen molar-refractivity contribution in [2.24, 2.45) is 17.2 Å².